The molecule has 1 heterocycles. The SMILES string of the molecule is Cc1c(Cl)nnc(N[C@@H]2CCCC[C@H]2O)c1CNC(=O)OC(C)(C)C. The van der Waals surface area contributed by atoms with Crippen molar-refractivity contribution in [2.45, 2.75) is 77.7 Å². The summed E-state index contributed by atoms with van der Waals surface area (Å²) in [6.07, 6.45) is 2.78. The average molecular weight is 371 g/mol. The molecule has 0 saturated heterocycles. The van der Waals surface area contributed by atoms with E-state index in [0.29, 0.717) is 5.82 Å². The summed E-state index contributed by atoms with van der Waals surface area (Å²) in [6.45, 7) is 7.45. The van der Waals surface area contributed by atoms with Crippen LogP contribution in [0.4, 0.5) is 10.6 Å². The Balaban J connectivity index is 2.12. The highest BCUT2D eigenvalue weighted by molar-refractivity contribution is 6.30. The van der Waals surface area contributed by atoms with Crippen molar-refractivity contribution in [1.82, 2.24) is 15.5 Å². The van der Waals surface area contributed by atoms with E-state index >= 15 is 0 Å². The number of rotatable bonds is 4. The number of ether oxygens (including phenoxy) is 1. The molecule has 1 saturated carbocycles. The number of hydrogen-bond acceptors (Lipinski definition) is 6. The molecule has 7 nitrogen and oxygen atoms in total. The van der Waals surface area contributed by atoms with E-state index in [4.69, 9.17) is 16.3 Å². The molecule has 0 spiro atoms. The molecular weight excluding hydrogens is 344 g/mol. The van der Waals surface area contributed by atoms with Crippen LogP contribution < -0.4 is 10.6 Å². The minimum absolute atomic E-state index is 0.0797. The number of hydrogen-bond donors (Lipinski definition) is 3. The van der Waals surface area contributed by atoms with Crippen LogP contribution in [-0.4, -0.2) is 39.1 Å². The third-order valence-electron chi connectivity index (χ3n) is 4.15. The van der Waals surface area contributed by atoms with Crippen molar-refractivity contribution < 1.29 is 14.6 Å². The van der Waals surface area contributed by atoms with E-state index in [2.05, 4.69) is 20.8 Å². The molecule has 1 aliphatic carbocycles. The van der Waals surface area contributed by atoms with Crippen molar-refractivity contribution >= 4 is 23.5 Å². The molecule has 0 unspecified atom stereocenters. The summed E-state index contributed by atoms with van der Waals surface area (Å²) in [5.74, 6) is 0.531. The summed E-state index contributed by atoms with van der Waals surface area (Å²) < 4.78 is 5.26. The van der Waals surface area contributed by atoms with Crippen molar-refractivity contribution in [3.05, 3.63) is 16.3 Å². The first kappa shape index (κ1) is 19.7. The van der Waals surface area contributed by atoms with Crippen LogP contribution in [0.25, 0.3) is 0 Å². The second kappa shape index (κ2) is 8.19. The highest BCUT2D eigenvalue weighted by Crippen LogP contribution is 2.26. The maximum absolute atomic E-state index is 11.9. The van der Waals surface area contributed by atoms with E-state index in [1.165, 1.54) is 0 Å². The molecule has 0 bridgehead atoms. The highest BCUT2D eigenvalue weighted by Gasteiger charge is 2.25. The third-order valence-corrected chi connectivity index (χ3v) is 4.50. The molecule has 0 aliphatic heterocycles. The summed E-state index contributed by atoms with van der Waals surface area (Å²) in [7, 11) is 0. The molecular formula is C17H27ClN4O3. The van der Waals surface area contributed by atoms with Crippen molar-refractivity contribution in [3.8, 4) is 0 Å². The summed E-state index contributed by atoms with van der Waals surface area (Å²) in [5.41, 5.74) is 0.907. The molecule has 1 amide bonds. The average Bonchev–Trinajstić information content (AvgIpc) is 2.51. The fourth-order valence-electron chi connectivity index (χ4n) is 2.79. The molecule has 140 valence electrons. The lowest BCUT2D eigenvalue weighted by Gasteiger charge is -2.29. The van der Waals surface area contributed by atoms with Gasteiger partial charge < -0.3 is 20.5 Å². The van der Waals surface area contributed by atoms with Gasteiger partial charge in [-0.25, -0.2) is 4.79 Å². The second-order valence-electron chi connectivity index (χ2n) is 7.40. The van der Waals surface area contributed by atoms with Gasteiger partial charge >= 0.3 is 6.09 Å². The van der Waals surface area contributed by atoms with Gasteiger partial charge in [-0.2, -0.15) is 0 Å². The Morgan fingerprint density at radius 3 is 2.64 bits per heavy atom. The lowest BCUT2D eigenvalue weighted by atomic mass is 9.92. The summed E-state index contributed by atoms with van der Waals surface area (Å²) in [4.78, 5) is 11.9. The molecule has 1 aliphatic rings. The van der Waals surface area contributed by atoms with E-state index in [9.17, 15) is 9.90 Å². The normalized spacial score (nSPS) is 20.9. The number of carbonyl (C=O) groups excluding carboxylic acids is 1. The van der Waals surface area contributed by atoms with Gasteiger partial charge in [-0.05, 0) is 46.1 Å². The molecule has 1 fully saturated rings. The summed E-state index contributed by atoms with van der Waals surface area (Å²) in [5, 5.41) is 24.5. The van der Waals surface area contributed by atoms with Gasteiger partial charge in [0.05, 0.1) is 18.7 Å². The standard InChI is InChI=1S/C17H27ClN4O3/c1-10-11(9-19-16(24)25-17(2,3)4)15(22-21-14(10)18)20-12-7-5-6-8-13(12)23/h12-13,23H,5-9H2,1-4H3,(H,19,24)(H,20,22)/t12-,13-/m1/s1. The topological polar surface area (TPSA) is 96.4 Å². The number of nitrogens with zero attached hydrogens (tertiary/aromatic N) is 2. The zero-order valence-electron chi connectivity index (χ0n) is 15.2. The van der Waals surface area contributed by atoms with Crippen molar-refractivity contribution in [1.29, 1.82) is 0 Å². The Labute approximate surface area is 153 Å². The Hall–Kier alpha value is -1.60. The van der Waals surface area contributed by atoms with E-state index in [-0.39, 0.29) is 17.7 Å². The van der Waals surface area contributed by atoms with Crippen molar-refractivity contribution in [2.24, 2.45) is 0 Å². The van der Waals surface area contributed by atoms with Crippen molar-refractivity contribution in [3.63, 3.8) is 0 Å². The van der Waals surface area contributed by atoms with E-state index < -0.39 is 17.8 Å². The predicted molar refractivity (Wildman–Crippen MR) is 96.7 cm³/mol. The largest absolute Gasteiger partial charge is 0.444 e. The summed E-state index contributed by atoms with van der Waals surface area (Å²) >= 11 is 6.08. The van der Waals surface area contributed by atoms with Gasteiger partial charge in [0.1, 0.15) is 5.60 Å². The third kappa shape index (κ3) is 5.71. The van der Waals surface area contributed by atoms with Crippen LogP contribution in [0.1, 0.15) is 57.6 Å². The first-order valence-corrected chi connectivity index (χ1v) is 8.98. The monoisotopic (exact) mass is 370 g/mol. The maximum atomic E-state index is 11.9. The van der Waals surface area contributed by atoms with Crippen molar-refractivity contribution in [2.75, 3.05) is 5.32 Å². The number of halogens is 1. The maximum Gasteiger partial charge on any atom is 0.407 e. The molecule has 8 heteroatoms. The molecule has 0 aromatic carbocycles. The van der Waals surface area contributed by atoms with Gasteiger partial charge in [0, 0.05) is 5.56 Å². The van der Waals surface area contributed by atoms with Crippen LogP contribution in [0.3, 0.4) is 0 Å². The number of amides is 1. The van der Waals surface area contributed by atoms with Gasteiger partial charge in [0.2, 0.25) is 0 Å². The minimum Gasteiger partial charge on any atom is -0.444 e. The van der Waals surface area contributed by atoms with Crippen LogP contribution in [0.2, 0.25) is 5.15 Å². The fourth-order valence-corrected chi connectivity index (χ4v) is 2.95. The van der Waals surface area contributed by atoms with Gasteiger partial charge in [-0.1, -0.05) is 24.4 Å². The Morgan fingerprint density at radius 1 is 1.32 bits per heavy atom. The fraction of sp³-hybridized carbons (Fsp3) is 0.706. The molecule has 25 heavy (non-hydrogen) atoms. The molecule has 1 aromatic rings. The lowest BCUT2D eigenvalue weighted by molar-refractivity contribution is 0.0523. The molecule has 2 atom stereocenters. The Bertz CT molecular complexity index is 619. The Morgan fingerprint density at radius 2 is 2.00 bits per heavy atom. The van der Waals surface area contributed by atoms with Crippen LogP contribution in [-0.2, 0) is 11.3 Å². The lowest BCUT2D eigenvalue weighted by Crippen LogP contribution is -2.37. The number of aliphatic hydroxyl groups excluding tert-OH is 1. The smallest absolute Gasteiger partial charge is 0.407 e. The zero-order valence-corrected chi connectivity index (χ0v) is 16.0. The van der Waals surface area contributed by atoms with Crippen LogP contribution in [0.5, 0.6) is 0 Å². The summed E-state index contributed by atoms with van der Waals surface area (Å²) in [6, 6.07) is -0.0797. The number of anilines is 1. The van der Waals surface area contributed by atoms with Crippen LogP contribution in [0, 0.1) is 6.92 Å². The van der Waals surface area contributed by atoms with E-state index in [0.717, 1.165) is 36.8 Å². The first-order chi connectivity index (χ1) is 11.7. The Kier molecular flexibility index (Phi) is 6.46. The molecule has 1 aromatic heterocycles. The van der Waals surface area contributed by atoms with Gasteiger partial charge in [0.15, 0.2) is 11.0 Å². The first-order valence-electron chi connectivity index (χ1n) is 8.60. The minimum atomic E-state index is -0.569. The zero-order chi connectivity index (χ0) is 18.6. The van der Waals surface area contributed by atoms with E-state index in [1.807, 2.05) is 6.92 Å². The molecule has 3 N–H and O–H groups in total. The van der Waals surface area contributed by atoms with Gasteiger partial charge in [-0.15, -0.1) is 10.2 Å². The highest BCUT2D eigenvalue weighted by atomic mass is 35.5. The number of aromatic nitrogens is 2. The number of aliphatic hydroxyl groups is 1. The molecule has 0 radical (unpaired) electrons. The second-order valence-corrected chi connectivity index (χ2v) is 7.76. The predicted octanol–water partition coefficient (Wildman–Crippen LogP) is 3.18. The number of carbonyl (C=O) groups is 1. The number of nitrogens with one attached hydrogen (secondary N) is 2. The quantitative estimate of drug-likeness (QED) is 0.753. The van der Waals surface area contributed by atoms with Crippen LogP contribution in [0.15, 0.2) is 0 Å². The van der Waals surface area contributed by atoms with Crippen LogP contribution >= 0.6 is 11.6 Å². The van der Waals surface area contributed by atoms with E-state index in [1.54, 1.807) is 20.8 Å². The van der Waals surface area contributed by atoms with Gasteiger partial charge in [0.25, 0.3) is 0 Å². The molecule has 2 rings (SSSR count). The number of alkyl carbamates (subject to hydrolysis) is 1. The van der Waals surface area contributed by atoms with Gasteiger partial charge in [-0.3, -0.25) is 0 Å².